The predicted molar refractivity (Wildman–Crippen MR) is 120 cm³/mol. The topological polar surface area (TPSA) is 99.3 Å². The molecule has 2 heterocycles. The third kappa shape index (κ3) is 4.38. The average molecular weight is 421 g/mol. The molecule has 0 unspecified atom stereocenters. The lowest BCUT2D eigenvalue weighted by molar-refractivity contribution is -0.137. The molecule has 0 saturated carbocycles. The third-order valence-electron chi connectivity index (χ3n) is 5.90. The Kier molecular flexibility index (Phi) is 6.59. The minimum Gasteiger partial charge on any atom is -0.481 e. The molecule has 6 heteroatoms. The van der Waals surface area contributed by atoms with Gasteiger partial charge in [-0.25, -0.2) is 0 Å². The summed E-state index contributed by atoms with van der Waals surface area (Å²) in [5.74, 6) is -1.14. The van der Waals surface area contributed by atoms with E-state index in [2.05, 4.69) is 10.3 Å². The van der Waals surface area contributed by atoms with Gasteiger partial charge in [-0.3, -0.25) is 14.4 Å². The van der Waals surface area contributed by atoms with Crippen LogP contribution in [0.3, 0.4) is 0 Å². The number of aryl methyl sites for hydroxylation is 1. The third-order valence-corrected chi connectivity index (χ3v) is 5.90. The molecule has 0 radical (unpaired) electrons. The van der Waals surface area contributed by atoms with Crippen LogP contribution in [0.2, 0.25) is 0 Å². The minimum atomic E-state index is -0.893. The number of aromatic nitrogens is 1. The number of benzene rings is 1. The van der Waals surface area contributed by atoms with E-state index in [1.54, 1.807) is 25.1 Å². The monoisotopic (exact) mass is 420 g/mol. The van der Waals surface area contributed by atoms with E-state index in [9.17, 15) is 14.4 Å². The number of carboxylic acids is 1. The fourth-order valence-electron chi connectivity index (χ4n) is 4.02. The molecule has 0 spiro atoms. The van der Waals surface area contributed by atoms with Gasteiger partial charge in [-0.1, -0.05) is 38.1 Å². The number of hydrogen-bond donors (Lipinski definition) is 3. The van der Waals surface area contributed by atoms with Gasteiger partial charge in [0, 0.05) is 28.9 Å². The molecule has 1 aromatic carbocycles. The molecule has 0 fully saturated rings. The number of ketones is 1. The van der Waals surface area contributed by atoms with Crippen molar-refractivity contribution in [2.24, 2.45) is 0 Å². The second-order valence-corrected chi connectivity index (χ2v) is 7.72. The zero-order valence-electron chi connectivity index (χ0n) is 18.4. The Hall–Kier alpha value is -3.41. The number of hydrogen-bond acceptors (Lipinski definition) is 3. The number of carboxylic acid groups (broad SMARTS) is 1. The second-order valence-electron chi connectivity index (χ2n) is 7.72. The van der Waals surface area contributed by atoms with Gasteiger partial charge in [0.15, 0.2) is 0 Å². The maximum absolute atomic E-state index is 13.5. The first-order valence-corrected chi connectivity index (χ1v) is 10.6. The van der Waals surface area contributed by atoms with Gasteiger partial charge in [0.05, 0.1) is 5.69 Å². The van der Waals surface area contributed by atoms with Gasteiger partial charge in [-0.2, -0.15) is 0 Å². The Bertz CT molecular complexity index is 1120. The van der Waals surface area contributed by atoms with Gasteiger partial charge in [0.25, 0.3) is 5.91 Å². The number of carbonyl (C=O) groups is 3. The molecule has 0 saturated heterocycles. The van der Waals surface area contributed by atoms with Gasteiger partial charge < -0.3 is 15.4 Å². The van der Waals surface area contributed by atoms with E-state index in [4.69, 9.17) is 5.11 Å². The van der Waals surface area contributed by atoms with Gasteiger partial charge in [-0.05, 0) is 61.4 Å². The second kappa shape index (κ2) is 9.16. The molecule has 1 aliphatic rings. The van der Waals surface area contributed by atoms with Crippen LogP contribution in [0.25, 0.3) is 6.08 Å². The van der Waals surface area contributed by atoms with E-state index < -0.39 is 5.97 Å². The maximum atomic E-state index is 13.5. The molecular weight excluding hydrogens is 392 g/mol. The summed E-state index contributed by atoms with van der Waals surface area (Å²) < 4.78 is 0. The molecule has 1 aromatic heterocycles. The molecule has 6 nitrogen and oxygen atoms in total. The molecule has 0 atom stereocenters. The van der Waals surface area contributed by atoms with Crippen molar-refractivity contribution in [1.82, 2.24) is 10.3 Å². The van der Waals surface area contributed by atoms with Crippen LogP contribution in [0.5, 0.6) is 0 Å². The number of carbonyl (C=O) groups excluding carboxylic acids is 2. The standard InChI is InChI=1S/C25H28N2O4/c1-5-17-18(6-2)23(26-21(17)13-20-14(3)15(4)25(31)27-20)24(30)19-10-8-7-9-16(19)11-12-22(28)29/h7-10,13,26H,5-6,11-12H2,1-4H3,(H,27,31)(H,28,29)/b20-13-. The van der Waals surface area contributed by atoms with Gasteiger partial charge >= 0.3 is 5.97 Å². The number of aromatic amines is 1. The molecule has 0 bridgehead atoms. The Labute approximate surface area is 182 Å². The van der Waals surface area contributed by atoms with E-state index in [1.807, 2.05) is 32.9 Å². The number of aliphatic carboxylic acids is 1. The molecule has 162 valence electrons. The molecule has 2 aromatic rings. The van der Waals surface area contributed by atoms with Crippen LogP contribution >= 0.6 is 0 Å². The van der Waals surface area contributed by atoms with Gasteiger partial charge in [-0.15, -0.1) is 0 Å². The Morgan fingerprint density at radius 1 is 1.03 bits per heavy atom. The normalized spacial score (nSPS) is 15.0. The number of allylic oxidation sites excluding steroid dienone is 1. The quantitative estimate of drug-likeness (QED) is 0.558. The van der Waals surface area contributed by atoms with Crippen LogP contribution in [0.15, 0.2) is 41.1 Å². The van der Waals surface area contributed by atoms with Crippen LogP contribution in [0.1, 0.15) is 72.6 Å². The lowest BCUT2D eigenvalue weighted by Crippen LogP contribution is -2.15. The highest BCUT2D eigenvalue weighted by Gasteiger charge is 2.25. The number of amides is 1. The molecule has 0 aliphatic carbocycles. The Morgan fingerprint density at radius 3 is 2.29 bits per heavy atom. The molecular formula is C25H28N2O4. The van der Waals surface area contributed by atoms with Crippen molar-refractivity contribution >= 4 is 23.7 Å². The first-order valence-electron chi connectivity index (χ1n) is 10.6. The van der Waals surface area contributed by atoms with E-state index >= 15 is 0 Å². The van der Waals surface area contributed by atoms with Crippen LogP contribution in [0, 0.1) is 0 Å². The number of H-pyrrole nitrogens is 1. The van der Waals surface area contributed by atoms with E-state index in [-0.39, 0.29) is 18.1 Å². The Balaban J connectivity index is 2.07. The van der Waals surface area contributed by atoms with Gasteiger partial charge in [0.2, 0.25) is 5.78 Å². The van der Waals surface area contributed by atoms with E-state index in [0.717, 1.165) is 40.1 Å². The van der Waals surface area contributed by atoms with Crippen molar-refractivity contribution in [2.45, 2.75) is 53.4 Å². The molecule has 3 rings (SSSR count). The van der Waals surface area contributed by atoms with Crippen LogP contribution in [-0.4, -0.2) is 27.8 Å². The highest BCUT2D eigenvalue weighted by Crippen LogP contribution is 2.28. The van der Waals surface area contributed by atoms with Crippen molar-refractivity contribution in [2.75, 3.05) is 0 Å². The fourth-order valence-corrected chi connectivity index (χ4v) is 4.02. The summed E-state index contributed by atoms with van der Waals surface area (Å²) >= 11 is 0. The summed E-state index contributed by atoms with van der Waals surface area (Å²) in [6.45, 7) is 7.75. The Morgan fingerprint density at radius 2 is 1.71 bits per heavy atom. The van der Waals surface area contributed by atoms with Crippen LogP contribution in [-0.2, 0) is 28.9 Å². The molecule has 1 aliphatic heterocycles. The number of rotatable bonds is 8. The van der Waals surface area contributed by atoms with Crippen LogP contribution < -0.4 is 5.32 Å². The minimum absolute atomic E-state index is 0.0299. The molecule has 1 amide bonds. The SMILES string of the molecule is CCc1c(/C=C2\NC(=O)C(C)=C2C)[nH]c(C(=O)c2ccccc2CCC(=O)O)c1CC. The lowest BCUT2D eigenvalue weighted by Gasteiger charge is -2.08. The fraction of sp³-hybridized carbons (Fsp3) is 0.320. The van der Waals surface area contributed by atoms with E-state index in [0.29, 0.717) is 29.7 Å². The summed E-state index contributed by atoms with van der Waals surface area (Å²) in [6, 6.07) is 7.16. The first kappa shape index (κ1) is 22.3. The van der Waals surface area contributed by atoms with Crippen molar-refractivity contribution in [1.29, 1.82) is 0 Å². The van der Waals surface area contributed by atoms with E-state index in [1.165, 1.54) is 0 Å². The largest absolute Gasteiger partial charge is 0.481 e. The summed E-state index contributed by atoms with van der Waals surface area (Å²) in [6.07, 6.45) is 3.59. The van der Waals surface area contributed by atoms with Crippen molar-refractivity contribution in [3.63, 3.8) is 0 Å². The summed E-state index contributed by atoms with van der Waals surface area (Å²) in [7, 11) is 0. The van der Waals surface area contributed by atoms with Crippen molar-refractivity contribution < 1.29 is 19.5 Å². The predicted octanol–water partition coefficient (Wildman–Crippen LogP) is 4.19. The van der Waals surface area contributed by atoms with Crippen LogP contribution in [0.4, 0.5) is 0 Å². The maximum Gasteiger partial charge on any atom is 0.303 e. The summed E-state index contributed by atoms with van der Waals surface area (Å²) in [5.41, 5.74) is 6.91. The summed E-state index contributed by atoms with van der Waals surface area (Å²) in [4.78, 5) is 39.8. The zero-order valence-corrected chi connectivity index (χ0v) is 18.4. The highest BCUT2D eigenvalue weighted by molar-refractivity contribution is 6.10. The smallest absolute Gasteiger partial charge is 0.303 e. The van der Waals surface area contributed by atoms with Crippen molar-refractivity contribution in [3.05, 3.63) is 74.8 Å². The number of nitrogens with one attached hydrogen (secondary N) is 2. The van der Waals surface area contributed by atoms with Gasteiger partial charge in [0.1, 0.15) is 0 Å². The molecule has 31 heavy (non-hydrogen) atoms. The zero-order chi connectivity index (χ0) is 22.7. The lowest BCUT2D eigenvalue weighted by atomic mass is 9.95. The highest BCUT2D eigenvalue weighted by atomic mass is 16.4. The van der Waals surface area contributed by atoms with Crippen molar-refractivity contribution in [3.8, 4) is 0 Å². The molecule has 3 N–H and O–H groups in total. The first-order chi connectivity index (χ1) is 14.8. The average Bonchev–Trinajstić information content (AvgIpc) is 3.23. The summed E-state index contributed by atoms with van der Waals surface area (Å²) in [5, 5.41) is 11.9.